The van der Waals surface area contributed by atoms with Crippen molar-refractivity contribution in [1.82, 2.24) is 20.1 Å². The fraction of sp³-hybridized carbons (Fsp3) is 0.833. The van der Waals surface area contributed by atoms with E-state index in [1.54, 1.807) is 7.11 Å². The standard InChI is InChI=1S/C12H20N4O/c1-17-12(5-7-13-8-6-12)11-15-14-10-4-2-3-9-16(10)11/h13H,2-9H2,1H3. The molecule has 0 radical (unpaired) electrons. The van der Waals surface area contributed by atoms with E-state index in [0.717, 1.165) is 50.5 Å². The molecule has 2 aliphatic rings. The Bertz CT molecular complexity index is 395. The molecule has 5 heteroatoms. The Morgan fingerprint density at radius 3 is 2.82 bits per heavy atom. The molecule has 1 N–H and O–H groups in total. The van der Waals surface area contributed by atoms with E-state index in [1.807, 2.05) is 0 Å². The Balaban J connectivity index is 1.98. The van der Waals surface area contributed by atoms with Gasteiger partial charge >= 0.3 is 0 Å². The average molecular weight is 236 g/mol. The number of aromatic nitrogens is 3. The van der Waals surface area contributed by atoms with Crippen LogP contribution in [0.2, 0.25) is 0 Å². The molecule has 1 aromatic heterocycles. The van der Waals surface area contributed by atoms with Gasteiger partial charge in [0, 0.05) is 20.1 Å². The maximum Gasteiger partial charge on any atom is 0.165 e. The summed E-state index contributed by atoms with van der Waals surface area (Å²) in [5.41, 5.74) is -0.214. The van der Waals surface area contributed by atoms with Crippen LogP contribution in [0.1, 0.15) is 37.3 Å². The number of aryl methyl sites for hydroxylation is 1. The summed E-state index contributed by atoms with van der Waals surface area (Å²) in [6.45, 7) is 3.04. The highest BCUT2D eigenvalue weighted by Gasteiger charge is 2.39. The Kier molecular flexibility index (Phi) is 2.88. The molecule has 94 valence electrons. The number of nitrogens with one attached hydrogen (secondary N) is 1. The third kappa shape index (κ3) is 1.77. The van der Waals surface area contributed by atoms with Crippen molar-refractivity contribution in [2.45, 2.75) is 44.2 Å². The molecule has 0 amide bonds. The summed E-state index contributed by atoms with van der Waals surface area (Å²) in [5, 5.41) is 12.1. The zero-order valence-corrected chi connectivity index (χ0v) is 10.4. The zero-order valence-electron chi connectivity index (χ0n) is 10.4. The van der Waals surface area contributed by atoms with Crippen LogP contribution in [0.3, 0.4) is 0 Å². The molecule has 1 aromatic rings. The van der Waals surface area contributed by atoms with Gasteiger partial charge in [0.25, 0.3) is 0 Å². The molecule has 0 saturated carbocycles. The highest BCUT2D eigenvalue weighted by molar-refractivity contribution is 5.10. The van der Waals surface area contributed by atoms with Crippen molar-refractivity contribution < 1.29 is 4.74 Å². The van der Waals surface area contributed by atoms with Gasteiger partial charge in [-0.3, -0.25) is 0 Å². The predicted octanol–water partition coefficient (Wildman–Crippen LogP) is 0.839. The fourth-order valence-electron chi connectivity index (χ4n) is 2.99. The predicted molar refractivity (Wildman–Crippen MR) is 63.8 cm³/mol. The Morgan fingerprint density at radius 1 is 1.24 bits per heavy atom. The van der Waals surface area contributed by atoms with Crippen molar-refractivity contribution in [2.24, 2.45) is 0 Å². The first-order valence-electron chi connectivity index (χ1n) is 6.54. The molecule has 0 bridgehead atoms. The molecule has 17 heavy (non-hydrogen) atoms. The van der Waals surface area contributed by atoms with Gasteiger partial charge in [-0.05, 0) is 38.8 Å². The van der Waals surface area contributed by atoms with Crippen molar-refractivity contribution in [2.75, 3.05) is 20.2 Å². The van der Waals surface area contributed by atoms with E-state index in [1.165, 1.54) is 12.8 Å². The second kappa shape index (κ2) is 4.38. The van der Waals surface area contributed by atoms with E-state index >= 15 is 0 Å². The van der Waals surface area contributed by atoms with Gasteiger partial charge in [-0.2, -0.15) is 0 Å². The first kappa shape index (κ1) is 11.2. The topological polar surface area (TPSA) is 52.0 Å². The second-order valence-corrected chi connectivity index (χ2v) is 5.00. The highest BCUT2D eigenvalue weighted by atomic mass is 16.5. The van der Waals surface area contributed by atoms with E-state index in [4.69, 9.17) is 4.74 Å². The minimum absolute atomic E-state index is 0.214. The van der Waals surface area contributed by atoms with Crippen LogP contribution in [0.15, 0.2) is 0 Å². The number of ether oxygens (including phenoxy) is 1. The lowest BCUT2D eigenvalue weighted by molar-refractivity contribution is -0.0492. The Hall–Kier alpha value is -0.940. The molecule has 0 unspecified atom stereocenters. The second-order valence-electron chi connectivity index (χ2n) is 5.00. The SMILES string of the molecule is COC1(c2nnc3n2CCCC3)CCNCC1. The van der Waals surface area contributed by atoms with Crippen LogP contribution in [0, 0.1) is 0 Å². The maximum atomic E-state index is 5.83. The van der Waals surface area contributed by atoms with Crippen molar-refractivity contribution in [1.29, 1.82) is 0 Å². The summed E-state index contributed by atoms with van der Waals surface area (Å²) in [4.78, 5) is 0. The summed E-state index contributed by atoms with van der Waals surface area (Å²) in [6, 6.07) is 0. The van der Waals surface area contributed by atoms with Gasteiger partial charge in [-0.15, -0.1) is 10.2 Å². The van der Waals surface area contributed by atoms with E-state index in [2.05, 4.69) is 20.1 Å². The average Bonchev–Trinajstić information content (AvgIpc) is 2.84. The van der Waals surface area contributed by atoms with Crippen molar-refractivity contribution >= 4 is 0 Å². The summed E-state index contributed by atoms with van der Waals surface area (Å²) in [5.74, 6) is 2.19. The number of fused-ring (bicyclic) bond motifs is 1. The van der Waals surface area contributed by atoms with Gasteiger partial charge < -0.3 is 14.6 Å². The highest BCUT2D eigenvalue weighted by Crippen LogP contribution is 2.34. The van der Waals surface area contributed by atoms with Gasteiger partial charge in [0.2, 0.25) is 0 Å². The fourth-order valence-corrected chi connectivity index (χ4v) is 2.99. The van der Waals surface area contributed by atoms with Gasteiger partial charge in [0.05, 0.1) is 0 Å². The lowest BCUT2D eigenvalue weighted by atomic mass is 9.91. The molecule has 5 nitrogen and oxygen atoms in total. The van der Waals surface area contributed by atoms with Crippen LogP contribution in [-0.2, 0) is 23.3 Å². The molecule has 1 saturated heterocycles. The van der Waals surface area contributed by atoms with Gasteiger partial charge in [0.1, 0.15) is 11.4 Å². The van der Waals surface area contributed by atoms with E-state index < -0.39 is 0 Å². The lowest BCUT2D eigenvalue weighted by Gasteiger charge is -2.36. The third-order valence-corrected chi connectivity index (χ3v) is 4.07. The van der Waals surface area contributed by atoms with Crippen molar-refractivity contribution in [3.05, 3.63) is 11.6 Å². The molecule has 0 aliphatic carbocycles. The summed E-state index contributed by atoms with van der Waals surface area (Å²) in [7, 11) is 1.80. The number of rotatable bonds is 2. The Morgan fingerprint density at radius 2 is 2.06 bits per heavy atom. The van der Waals surface area contributed by atoms with Gasteiger partial charge in [0.15, 0.2) is 5.82 Å². The molecule has 3 rings (SSSR count). The Labute approximate surface area is 102 Å². The molecule has 0 atom stereocenters. The lowest BCUT2D eigenvalue weighted by Crippen LogP contribution is -2.43. The molecule has 1 fully saturated rings. The van der Waals surface area contributed by atoms with Crippen LogP contribution >= 0.6 is 0 Å². The number of hydrogen-bond acceptors (Lipinski definition) is 4. The van der Waals surface area contributed by atoms with E-state index in [-0.39, 0.29) is 5.60 Å². The monoisotopic (exact) mass is 236 g/mol. The van der Waals surface area contributed by atoms with E-state index in [0.29, 0.717) is 0 Å². The third-order valence-electron chi connectivity index (χ3n) is 4.07. The molecule has 3 heterocycles. The number of methoxy groups -OCH3 is 1. The molecular weight excluding hydrogens is 216 g/mol. The van der Waals surface area contributed by atoms with Gasteiger partial charge in [-0.25, -0.2) is 0 Å². The molecule has 0 spiro atoms. The largest absolute Gasteiger partial charge is 0.370 e. The van der Waals surface area contributed by atoms with Crippen LogP contribution in [0.25, 0.3) is 0 Å². The molecule has 2 aliphatic heterocycles. The summed E-state index contributed by atoms with van der Waals surface area (Å²) in [6.07, 6.45) is 5.50. The minimum Gasteiger partial charge on any atom is -0.370 e. The first-order valence-corrected chi connectivity index (χ1v) is 6.54. The molecule has 0 aromatic carbocycles. The normalized spacial score (nSPS) is 23.4. The van der Waals surface area contributed by atoms with Crippen molar-refractivity contribution in [3.63, 3.8) is 0 Å². The van der Waals surface area contributed by atoms with Crippen molar-refractivity contribution in [3.8, 4) is 0 Å². The quantitative estimate of drug-likeness (QED) is 0.826. The molecular formula is C12H20N4O. The minimum atomic E-state index is -0.214. The van der Waals surface area contributed by atoms with Crippen LogP contribution in [-0.4, -0.2) is 35.0 Å². The maximum absolute atomic E-state index is 5.83. The summed E-state index contributed by atoms with van der Waals surface area (Å²) < 4.78 is 8.12. The number of hydrogen-bond donors (Lipinski definition) is 1. The number of nitrogens with zero attached hydrogens (tertiary/aromatic N) is 3. The zero-order chi connectivity index (χ0) is 11.7. The summed E-state index contributed by atoms with van der Waals surface area (Å²) >= 11 is 0. The van der Waals surface area contributed by atoms with Crippen LogP contribution in [0.5, 0.6) is 0 Å². The number of piperidine rings is 1. The van der Waals surface area contributed by atoms with Gasteiger partial charge in [-0.1, -0.05) is 0 Å². The first-order chi connectivity index (χ1) is 8.36. The van der Waals surface area contributed by atoms with Crippen LogP contribution < -0.4 is 5.32 Å². The van der Waals surface area contributed by atoms with Crippen LogP contribution in [0.4, 0.5) is 0 Å². The smallest absolute Gasteiger partial charge is 0.165 e. The van der Waals surface area contributed by atoms with E-state index in [9.17, 15) is 0 Å².